The van der Waals surface area contributed by atoms with Crippen molar-refractivity contribution in [2.45, 2.75) is 13.8 Å². The number of benzene rings is 4. The van der Waals surface area contributed by atoms with Gasteiger partial charge in [-0.1, -0.05) is 51.3 Å². The van der Waals surface area contributed by atoms with E-state index < -0.39 is 11.9 Å². The lowest BCUT2D eigenvalue weighted by Gasteiger charge is -2.09. The van der Waals surface area contributed by atoms with Gasteiger partial charge in [-0.2, -0.15) is 5.10 Å². The molecule has 2 N–H and O–H groups in total. The first-order chi connectivity index (χ1) is 18.3. The average molecular weight is 570 g/mol. The van der Waals surface area contributed by atoms with Gasteiger partial charge in [0.05, 0.1) is 11.8 Å². The molecule has 0 unspecified atom stereocenters. The van der Waals surface area contributed by atoms with Crippen molar-refractivity contribution in [2.75, 3.05) is 5.32 Å². The van der Waals surface area contributed by atoms with Crippen LogP contribution >= 0.6 is 15.9 Å². The van der Waals surface area contributed by atoms with Gasteiger partial charge in [-0.25, -0.2) is 10.2 Å². The van der Waals surface area contributed by atoms with E-state index >= 15 is 0 Å². The van der Waals surface area contributed by atoms with Gasteiger partial charge < -0.3 is 10.1 Å². The highest BCUT2D eigenvalue weighted by molar-refractivity contribution is 9.10. The van der Waals surface area contributed by atoms with E-state index in [4.69, 9.17) is 4.74 Å². The molecule has 7 nitrogen and oxygen atoms in total. The fourth-order valence-electron chi connectivity index (χ4n) is 3.56. The van der Waals surface area contributed by atoms with Crippen molar-refractivity contribution < 1.29 is 19.1 Å². The van der Waals surface area contributed by atoms with Crippen molar-refractivity contribution in [2.24, 2.45) is 5.10 Å². The summed E-state index contributed by atoms with van der Waals surface area (Å²) in [5.41, 5.74) is 6.80. The van der Waals surface area contributed by atoms with Crippen LogP contribution in [0, 0.1) is 13.8 Å². The number of hydrogen-bond donors (Lipinski definition) is 2. The van der Waals surface area contributed by atoms with Crippen LogP contribution in [-0.4, -0.2) is 24.0 Å². The van der Waals surface area contributed by atoms with Crippen LogP contribution in [0.25, 0.3) is 0 Å². The Bertz CT molecular complexity index is 1530. The van der Waals surface area contributed by atoms with E-state index in [1.165, 1.54) is 6.21 Å². The Morgan fingerprint density at radius 3 is 2.11 bits per heavy atom. The standard InChI is InChI=1S/C30H24BrN3O4/c1-19-5-3-7-22(15-19)28(35)33-26-12-9-21(10-13-26)29(36)34-32-18-24-17-25(31)11-14-27(24)38-30(37)23-8-4-6-20(2)16-23/h3-18H,1-2H3,(H,33,35)(H,34,36)/b32-18-. The summed E-state index contributed by atoms with van der Waals surface area (Å²) in [6, 6.07) is 26.0. The summed E-state index contributed by atoms with van der Waals surface area (Å²) in [5.74, 6) is -0.870. The normalized spacial score (nSPS) is 10.7. The summed E-state index contributed by atoms with van der Waals surface area (Å²) in [6.45, 7) is 3.81. The number of carbonyl (C=O) groups is 3. The van der Waals surface area contributed by atoms with Gasteiger partial charge in [-0.15, -0.1) is 0 Å². The summed E-state index contributed by atoms with van der Waals surface area (Å²) < 4.78 is 6.32. The zero-order valence-corrected chi connectivity index (χ0v) is 22.3. The highest BCUT2D eigenvalue weighted by atomic mass is 79.9. The van der Waals surface area contributed by atoms with Gasteiger partial charge in [0.2, 0.25) is 0 Å². The smallest absolute Gasteiger partial charge is 0.343 e. The van der Waals surface area contributed by atoms with Crippen LogP contribution in [0.4, 0.5) is 5.69 Å². The number of hydrogen-bond acceptors (Lipinski definition) is 5. The van der Waals surface area contributed by atoms with Gasteiger partial charge in [-0.05, 0) is 80.6 Å². The van der Waals surface area contributed by atoms with E-state index in [1.807, 2.05) is 32.0 Å². The lowest BCUT2D eigenvalue weighted by atomic mass is 10.1. The fraction of sp³-hybridized carbons (Fsp3) is 0.0667. The maximum absolute atomic E-state index is 12.6. The lowest BCUT2D eigenvalue weighted by molar-refractivity contribution is 0.0733. The number of hydrazone groups is 1. The summed E-state index contributed by atoms with van der Waals surface area (Å²) in [4.78, 5) is 37.6. The maximum Gasteiger partial charge on any atom is 0.343 e. The van der Waals surface area contributed by atoms with E-state index in [0.29, 0.717) is 33.7 Å². The molecule has 0 aromatic heterocycles. The SMILES string of the molecule is Cc1cccc(C(=O)Nc2ccc(C(=O)N/N=C\c3cc(Br)ccc3OC(=O)c3cccc(C)c3)cc2)c1. The van der Waals surface area contributed by atoms with Crippen LogP contribution in [0.1, 0.15) is 47.8 Å². The zero-order valence-electron chi connectivity index (χ0n) is 20.7. The van der Waals surface area contributed by atoms with Crippen LogP contribution in [0.2, 0.25) is 0 Å². The van der Waals surface area contributed by atoms with E-state index in [2.05, 4.69) is 31.8 Å². The van der Waals surface area contributed by atoms with Crippen molar-refractivity contribution >= 4 is 45.6 Å². The van der Waals surface area contributed by atoms with E-state index in [-0.39, 0.29) is 5.91 Å². The molecule has 0 atom stereocenters. The number of ether oxygens (including phenoxy) is 1. The minimum atomic E-state index is -0.496. The third-order valence-electron chi connectivity index (χ3n) is 5.48. The van der Waals surface area contributed by atoms with Crippen molar-refractivity contribution in [3.05, 3.63) is 129 Å². The number of nitrogens with zero attached hydrogens (tertiary/aromatic N) is 1. The Labute approximate surface area is 228 Å². The third-order valence-corrected chi connectivity index (χ3v) is 5.98. The number of anilines is 1. The lowest BCUT2D eigenvalue weighted by Crippen LogP contribution is -2.18. The second-order valence-electron chi connectivity index (χ2n) is 8.54. The molecule has 190 valence electrons. The minimum Gasteiger partial charge on any atom is -0.422 e. The molecule has 0 saturated heterocycles. The van der Waals surface area contributed by atoms with Crippen LogP contribution in [0.15, 0.2) is 101 Å². The summed E-state index contributed by atoms with van der Waals surface area (Å²) in [6.07, 6.45) is 1.40. The Morgan fingerprint density at radius 2 is 1.42 bits per heavy atom. The van der Waals surface area contributed by atoms with Crippen molar-refractivity contribution in [3.63, 3.8) is 0 Å². The number of amides is 2. The van der Waals surface area contributed by atoms with E-state index in [1.54, 1.807) is 72.8 Å². The Morgan fingerprint density at radius 1 is 0.763 bits per heavy atom. The molecule has 0 radical (unpaired) electrons. The first-order valence-electron chi connectivity index (χ1n) is 11.7. The molecule has 4 aromatic rings. The molecule has 38 heavy (non-hydrogen) atoms. The number of esters is 1. The maximum atomic E-state index is 12.6. The first kappa shape index (κ1) is 26.5. The molecular formula is C30H24BrN3O4. The largest absolute Gasteiger partial charge is 0.422 e. The van der Waals surface area contributed by atoms with E-state index in [0.717, 1.165) is 15.6 Å². The summed E-state index contributed by atoms with van der Waals surface area (Å²) in [7, 11) is 0. The minimum absolute atomic E-state index is 0.233. The molecule has 0 heterocycles. The highest BCUT2D eigenvalue weighted by Crippen LogP contribution is 2.23. The summed E-state index contributed by atoms with van der Waals surface area (Å²) >= 11 is 3.40. The Kier molecular flexibility index (Phi) is 8.45. The van der Waals surface area contributed by atoms with Gasteiger partial charge in [0.15, 0.2) is 0 Å². The van der Waals surface area contributed by atoms with Crippen molar-refractivity contribution in [1.29, 1.82) is 0 Å². The van der Waals surface area contributed by atoms with Gasteiger partial charge >= 0.3 is 5.97 Å². The second-order valence-corrected chi connectivity index (χ2v) is 9.46. The molecule has 0 aliphatic rings. The number of aryl methyl sites for hydroxylation is 2. The monoisotopic (exact) mass is 569 g/mol. The predicted molar refractivity (Wildman–Crippen MR) is 151 cm³/mol. The molecule has 2 amide bonds. The molecular weight excluding hydrogens is 546 g/mol. The van der Waals surface area contributed by atoms with Crippen LogP contribution < -0.4 is 15.5 Å². The molecule has 0 fully saturated rings. The molecule has 0 aliphatic heterocycles. The number of nitrogens with one attached hydrogen (secondary N) is 2. The number of carbonyl (C=O) groups excluding carboxylic acids is 3. The van der Waals surface area contributed by atoms with Gasteiger partial charge in [0.25, 0.3) is 11.8 Å². The third kappa shape index (κ3) is 7.02. The molecule has 4 rings (SSSR count). The van der Waals surface area contributed by atoms with Crippen LogP contribution in [0.3, 0.4) is 0 Å². The van der Waals surface area contributed by atoms with Crippen molar-refractivity contribution in [3.8, 4) is 5.75 Å². The first-order valence-corrected chi connectivity index (χ1v) is 12.5. The Hall–Kier alpha value is -4.56. The van der Waals surface area contributed by atoms with Gasteiger partial charge in [0, 0.05) is 26.9 Å². The predicted octanol–water partition coefficient (Wildman–Crippen LogP) is 6.30. The number of rotatable bonds is 7. The van der Waals surface area contributed by atoms with Gasteiger partial charge in [0.1, 0.15) is 5.75 Å². The molecule has 8 heteroatoms. The zero-order chi connectivity index (χ0) is 27.1. The fourth-order valence-corrected chi connectivity index (χ4v) is 3.94. The second kappa shape index (κ2) is 12.1. The quantitative estimate of drug-likeness (QED) is 0.118. The summed E-state index contributed by atoms with van der Waals surface area (Å²) in [5, 5.41) is 6.84. The topological polar surface area (TPSA) is 96.9 Å². The number of halogens is 1. The molecule has 0 saturated carbocycles. The van der Waals surface area contributed by atoms with Crippen LogP contribution in [0.5, 0.6) is 5.75 Å². The molecule has 4 aromatic carbocycles. The van der Waals surface area contributed by atoms with Crippen molar-refractivity contribution in [1.82, 2.24) is 5.43 Å². The van der Waals surface area contributed by atoms with Crippen LogP contribution in [-0.2, 0) is 0 Å². The highest BCUT2D eigenvalue weighted by Gasteiger charge is 2.12. The van der Waals surface area contributed by atoms with Gasteiger partial charge in [-0.3, -0.25) is 9.59 Å². The molecule has 0 aliphatic carbocycles. The average Bonchev–Trinajstić information content (AvgIpc) is 2.90. The molecule has 0 spiro atoms. The Balaban J connectivity index is 1.39. The van der Waals surface area contributed by atoms with E-state index in [9.17, 15) is 14.4 Å². The molecule has 0 bridgehead atoms.